The molecule has 0 unspecified atom stereocenters. The summed E-state index contributed by atoms with van der Waals surface area (Å²) < 4.78 is 28.2. The Labute approximate surface area is 141 Å². The summed E-state index contributed by atoms with van der Waals surface area (Å²) in [6.45, 7) is -0.0904. The maximum Gasteiger partial charge on any atom is 0.246 e. The number of carbonyl (C=O) groups is 2. The molecule has 2 N–H and O–H groups in total. The van der Waals surface area contributed by atoms with Gasteiger partial charge in [0.05, 0.1) is 6.54 Å². The highest BCUT2D eigenvalue weighted by molar-refractivity contribution is 5.85. The standard InChI is InChI=1S/C14H16F2N6O3/c15-10-5-9(19-20-17)6-11(16)14(10)22-3-1-21(2-4-22)13(25)7-18-12(24)8-23/h5-6,23H,1-4,7-8H2,(H,18,24). The second kappa shape index (κ2) is 8.27. The summed E-state index contributed by atoms with van der Waals surface area (Å²) in [5, 5.41) is 14.0. The van der Waals surface area contributed by atoms with Gasteiger partial charge in [-0.3, -0.25) is 9.59 Å². The first kappa shape index (κ1) is 18.4. The van der Waals surface area contributed by atoms with Crippen molar-refractivity contribution < 1.29 is 23.5 Å². The van der Waals surface area contributed by atoms with E-state index in [9.17, 15) is 18.4 Å². The third kappa shape index (κ3) is 4.55. The van der Waals surface area contributed by atoms with E-state index in [0.29, 0.717) is 0 Å². The summed E-state index contributed by atoms with van der Waals surface area (Å²) in [7, 11) is 0. The molecule has 0 radical (unpaired) electrons. The van der Waals surface area contributed by atoms with Crippen molar-refractivity contribution in [2.45, 2.75) is 0 Å². The van der Waals surface area contributed by atoms with Gasteiger partial charge in [0.25, 0.3) is 0 Å². The first-order chi connectivity index (χ1) is 12.0. The molecular formula is C14H16F2N6O3. The van der Waals surface area contributed by atoms with Gasteiger partial charge in [-0.2, -0.15) is 0 Å². The Morgan fingerprint density at radius 2 is 1.84 bits per heavy atom. The average Bonchev–Trinajstić information content (AvgIpc) is 2.59. The molecule has 1 saturated heterocycles. The summed E-state index contributed by atoms with van der Waals surface area (Å²) in [5.41, 5.74) is 7.92. The lowest BCUT2D eigenvalue weighted by Gasteiger charge is -2.36. The van der Waals surface area contributed by atoms with E-state index in [4.69, 9.17) is 10.6 Å². The highest BCUT2D eigenvalue weighted by Gasteiger charge is 2.25. The zero-order valence-electron chi connectivity index (χ0n) is 13.2. The van der Waals surface area contributed by atoms with E-state index in [0.717, 1.165) is 12.1 Å². The molecule has 0 bridgehead atoms. The maximum atomic E-state index is 14.1. The number of anilines is 1. The monoisotopic (exact) mass is 354 g/mol. The van der Waals surface area contributed by atoms with Crippen molar-refractivity contribution in [3.05, 3.63) is 34.2 Å². The molecule has 11 heteroatoms. The minimum atomic E-state index is -0.850. The number of halogens is 2. The normalized spacial score (nSPS) is 14.0. The van der Waals surface area contributed by atoms with Gasteiger partial charge in [-0.25, -0.2) is 8.78 Å². The molecule has 1 fully saturated rings. The van der Waals surface area contributed by atoms with E-state index >= 15 is 0 Å². The SMILES string of the molecule is [N-]=[N+]=Nc1cc(F)c(N2CCN(C(=O)CNC(=O)CO)CC2)c(F)c1. The topological polar surface area (TPSA) is 122 Å². The number of aliphatic hydroxyl groups is 1. The lowest BCUT2D eigenvalue weighted by molar-refractivity contribution is -0.133. The Morgan fingerprint density at radius 1 is 1.24 bits per heavy atom. The van der Waals surface area contributed by atoms with Gasteiger partial charge in [-0.15, -0.1) is 0 Å². The molecule has 1 heterocycles. The van der Waals surface area contributed by atoms with Crippen molar-refractivity contribution in [1.29, 1.82) is 0 Å². The van der Waals surface area contributed by atoms with Gasteiger partial charge in [0.2, 0.25) is 11.8 Å². The fraction of sp³-hybridized carbons (Fsp3) is 0.429. The number of carbonyl (C=O) groups excluding carboxylic acids is 2. The second-order valence-electron chi connectivity index (χ2n) is 5.25. The molecular weight excluding hydrogens is 338 g/mol. The number of azide groups is 1. The Hall–Kier alpha value is -2.91. The fourth-order valence-electron chi connectivity index (χ4n) is 2.48. The molecule has 0 aromatic heterocycles. The van der Waals surface area contributed by atoms with Gasteiger partial charge >= 0.3 is 0 Å². The van der Waals surface area contributed by atoms with Gasteiger partial charge in [-0.05, 0) is 17.7 Å². The maximum absolute atomic E-state index is 14.1. The van der Waals surface area contributed by atoms with Crippen LogP contribution in [0.2, 0.25) is 0 Å². The Kier molecular flexibility index (Phi) is 6.09. The van der Waals surface area contributed by atoms with Crippen LogP contribution < -0.4 is 10.2 Å². The lowest BCUT2D eigenvalue weighted by Crippen LogP contribution is -2.51. The first-order valence-corrected chi connectivity index (χ1v) is 7.40. The van der Waals surface area contributed by atoms with Gasteiger partial charge in [0, 0.05) is 36.8 Å². The quantitative estimate of drug-likeness (QED) is 0.458. The van der Waals surface area contributed by atoms with E-state index in [1.54, 1.807) is 0 Å². The summed E-state index contributed by atoms with van der Waals surface area (Å²) in [5.74, 6) is -2.70. The molecule has 0 aliphatic carbocycles. The van der Waals surface area contributed by atoms with E-state index in [2.05, 4.69) is 15.3 Å². The fourth-order valence-corrected chi connectivity index (χ4v) is 2.48. The van der Waals surface area contributed by atoms with E-state index in [-0.39, 0.29) is 50.0 Å². The number of benzene rings is 1. The molecule has 1 aliphatic heterocycles. The van der Waals surface area contributed by atoms with E-state index in [1.807, 2.05) is 0 Å². The predicted octanol–water partition coefficient (Wildman–Crippen LogP) is 0.664. The van der Waals surface area contributed by atoms with Crippen molar-refractivity contribution in [2.75, 3.05) is 44.2 Å². The third-order valence-corrected chi connectivity index (χ3v) is 3.69. The van der Waals surface area contributed by atoms with Crippen molar-refractivity contribution in [3.8, 4) is 0 Å². The lowest BCUT2D eigenvalue weighted by atomic mass is 10.2. The summed E-state index contributed by atoms with van der Waals surface area (Å²) in [4.78, 5) is 28.3. The molecule has 0 saturated carbocycles. The molecule has 2 rings (SSSR count). The minimum Gasteiger partial charge on any atom is -0.387 e. The number of nitrogens with one attached hydrogen (secondary N) is 1. The van der Waals surface area contributed by atoms with Gasteiger partial charge in [0.15, 0.2) is 0 Å². The highest BCUT2D eigenvalue weighted by Crippen LogP contribution is 2.29. The molecule has 25 heavy (non-hydrogen) atoms. The van der Waals surface area contributed by atoms with Crippen molar-refractivity contribution in [2.24, 2.45) is 5.11 Å². The predicted molar refractivity (Wildman–Crippen MR) is 84.1 cm³/mol. The summed E-state index contributed by atoms with van der Waals surface area (Å²) in [6.07, 6.45) is 0. The van der Waals surface area contributed by atoms with Crippen LogP contribution in [0, 0.1) is 11.6 Å². The van der Waals surface area contributed by atoms with Crippen molar-refractivity contribution in [1.82, 2.24) is 10.2 Å². The van der Waals surface area contributed by atoms with Crippen LogP contribution in [0.4, 0.5) is 20.2 Å². The van der Waals surface area contributed by atoms with Gasteiger partial charge in [-0.1, -0.05) is 5.11 Å². The van der Waals surface area contributed by atoms with Crippen LogP contribution in [-0.2, 0) is 9.59 Å². The van der Waals surface area contributed by atoms with Crippen LogP contribution >= 0.6 is 0 Å². The average molecular weight is 354 g/mol. The Balaban J connectivity index is 1.99. The minimum absolute atomic E-state index is 0.158. The Morgan fingerprint density at radius 3 is 2.36 bits per heavy atom. The smallest absolute Gasteiger partial charge is 0.246 e. The van der Waals surface area contributed by atoms with Crippen molar-refractivity contribution >= 4 is 23.2 Å². The van der Waals surface area contributed by atoms with Crippen LogP contribution in [0.1, 0.15) is 0 Å². The largest absolute Gasteiger partial charge is 0.387 e. The summed E-state index contributed by atoms with van der Waals surface area (Å²) in [6, 6.07) is 1.89. The van der Waals surface area contributed by atoms with E-state index < -0.39 is 24.1 Å². The van der Waals surface area contributed by atoms with Crippen LogP contribution in [0.25, 0.3) is 10.4 Å². The number of nitrogens with zero attached hydrogens (tertiary/aromatic N) is 5. The number of piperazine rings is 1. The molecule has 134 valence electrons. The second-order valence-corrected chi connectivity index (χ2v) is 5.25. The van der Waals surface area contributed by atoms with Crippen LogP contribution in [-0.4, -0.2) is 61.2 Å². The molecule has 2 amide bonds. The Bertz CT molecular complexity index is 692. The van der Waals surface area contributed by atoms with Crippen LogP contribution in [0.3, 0.4) is 0 Å². The van der Waals surface area contributed by atoms with Crippen LogP contribution in [0.15, 0.2) is 17.2 Å². The zero-order valence-corrected chi connectivity index (χ0v) is 13.2. The van der Waals surface area contributed by atoms with E-state index in [1.165, 1.54) is 9.80 Å². The number of amides is 2. The third-order valence-electron chi connectivity index (χ3n) is 3.69. The molecule has 1 aromatic rings. The number of rotatable bonds is 5. The van der Waals surface area contributed by atoms with Gasteiger partial charge in [0.1, 0.15) is 23.9 Å². The number of hydrogen-bond acceptors (Lipinski definition) is 5. The molecule has 1 aliphatic rings. The number of hydrogen-bond donors (Lipinski definition) is 2. The number of aliphatic hydroxyl groups excluding tert-OH is 1. The molecule has 0 spiro atoms. The molecule has 0 atom stereocenters. The van der Waals surface area contributed by atoms with Gasteiger partial charge < -0.3 is 20.2 Å². The van der Waals surface area contributed by atoms with Crippen LogP contribution in [0.5, 0.6) is 0 Å². The molecule has 1 aromatic carbocycles. The summed E-state index contributed by atoms with van der Waals surface area (Å²) >= 11 is 0. The van der Waals surface area contributed by atoms with Crippen molar-refractivity contribution in [3.63, 3.8) is 0 Å². The highest BCUT2D eigenvalue weighted by atomic mass is 19.1. The zero-order chi connectivity index (χ0) is 18.4. The first-order valence-electron chi connectivity index (χ1n) is 7.40. The molecule has 9 nitrogen and oxygen atoms in total.